The second kappa shape index (κ2) is 6.70. The highest BCUT2D eigenvalue weighted by Gasteiger charge is 2.52. The molecule has 0 heterocycles. The number of hydrogen-bond acceptors (Lipinski definition) is 1. The van der Waals surface area contributed by atoms with Crippen LogP contribution in [0.1, 0.15) is 22.3 Å². The molecular formula is C32H22O. The smallest absolute Gasteiger partial charge is 0.118 e. The Labute approximate surface area is 193 Å². The van der Waals surface area contributed by atoms with E-state index in [0.29, 0.717) is 0 Å². The van der Waals surface area contributed by atoms with Crippen LogP contribution in [0.2, 0.25) is 0 Å². The maximum Gasteiger partial charge on any atom is 0.118 e. The average Bonchev–Trinajstić information content (AvgIpc) is 3.36. The molecule has 156 valence electrons. The highest BCUT2D eigenvalue weighted by molar-refractivity contribution is 5.98. The molecule has 0 aromatic heterocycles. The van der Waals surface area contributed by atoms with Crippen LogP contribution in [0.5, 0.6) is 5.75 Å². The lowest BCUT2D eigenvalue weighted by atomic mass is 9.68. The third-order valence-electron chi connectivity index (χ3n) is 7.41. The number of rotatable bonds is 2. The number of methoxy groups -OCH3 is 1. The molecule has 0 bridgehead atoms. The Morgan fingerprint density at radius 2 is 0.909 bits per heavy atom. The van der Waals surface area contributed by atoms with Crippen LogP contribution < -0.4 is 4.74 Å². The summed E-state index contributed by atoms with van der Waals surface area (Å²) in [6.45, 7) is 0. The molecule has 0 radical (unpaired) electrons. The molecular weight excluding hydrogens is 400 g/mol. The van der Waals surface area contributed by atoms with Gasteiger partial charge in [-0.2, -0.15) is 0 Å². The minimum absolute atomic E-state index is 0.324. The number of benzene rings is 5. The van der Waals surface area contributed by atoms with Crippen molar-refractivity contribution in [3.63, 3.8) is 0 Å². The highest BCUT2D eigenvalue weighted by atomic mass is 16.5. The molecule has 33 heavy (non-hydrogen) atoms. The molecule has 5 aromatic carbocycles. The summed E-state index contributed by atoms with van der Waals surface area (Å²) in [5, 5.41) is 0. The lowest BCUT2D eigenvalue weighted by Crippen LogP contribution is -2.26. The van der Waals surface area contributed by atoms with Crippen molar-refractivity contribution >= 4 is 0 Å². The van der Waals surface area contributed by atoms with Crippen LogP contribution in [0.3, 0.4) is 0 Å². The lowest BCUT2D eigenvalue weighted by molar-refractivity contribution is 0.415. The maximum absolute atomic E-state index is 5.43. The highest BCUT2D eigenvalue weighted by Crippen LogP contribution is 2.64. The monoisotopic (exact) mass is 422 g/mol. The van der Waals surface area contributed by atoms with Crippen molar-refractivity contribution in [2.45, 2.75) is 5.41 Å². The zero-order valence-corrected chi connectivity index (χ0v) is 18.4. The summed E-state index contributed by atoms with van der Waals surface area (Å²) in [5.41, 5.74) is 13.0. The molecule has 0 atom stereocenters. The van der Waals surface area contributed by atoms with Crippen molar-refractivity contribution in [3.8, 4) is 39.1 Å². The molecule has 0 unspecified atom stereocenters. The van der Waals surface area contributed by atoms with Crippen molar-refractivity contribution in [2.24, 2.45) is 0 Å². The Balaban J connectivity index is 1.66. The van der Waals surface area contributed by atoms with Crippen molar-refractivity contribution in [3.05, 3.63) is 138 Å². The molecule has 0 fully saturated rings. The Bertz CT molecular complexity index is 1480. The first-order valence-corrected chi connectivity index (χ1v) is 11.4. The average molecular weight is 423 g/mol. The van der Waals surface area contributed by atoms with Gasteiger partial charge in [0.05, 0.1) is 12.5 Å². The van der Waals surface area contributed by atoms with Gasteiger partial charge in [0.2, 0.25) is 0 Å². The van der Waals surface area contributed by atoms with Gasteiger partial charge in [-0.15, -0.1) is 0 Å². The Morgan fingerprint density at radius 3 is 1.45 bits per heavy atom. The predicted octanol–water partition coefficient (Wildman–Crippen LogP) is 7.71. The molecule has 0 N–H and O–H groups in total. The molecule has 0 aliphatic heterocycles. The van der Waals surface area contributed by atoms with Crippen LogP contribution in [0.4, 0.5) is 0 Å². The van der Waals surface area contributed by atoms with E-state index >= 15 is 0 Å². The second-order valence-electron chi connectivity index (χ2n) is 8.84. The first kappa shape index (κ1) is 18.5. The maximum atomic E-state index is 5.43. The first-order chi connectivity index (χ1) is 16.3. The molecule has 7 rings (SSSR count). The van der Waals surface area contributed by atoms with Crippen LogP contribution in [-0.2, 0) is 5.41 Å². The third kappa shape index (κ3) is 2.27. The number of fused-ring (bicyclic) bond motifs is 10. The fourth-order valence-electron chi connectivity index (χ4n) is 6.17. The van der Waals surface area contributed by atoms with E-state index in [9.17, 15) is 0 Å². The number of ether oxygens (including phenoxy) is 1. The van der Waals surface area contributed by atoms with Crippen molar-refractivity contribution < 1.29 is 4.74 Å². The molecule has 1 heteroatoms. The summed E-state index contributed by atoms with van der Waals surface area (Å²) >= 11 is 0. The van der Waals surface area contributed by atoms with E-state index in [1.165, 1.54) is 55.6 Å². The summed E-state index contributed by atoms with van der Waals surface area (Å²) in [4.78, 5) is 0. The third-order valence-corrected chi connectivity index (χ3v) is 7.41. The lowest BCUT2D eigenvalue weighted by Gasteiger charge is -2.32. The molecule has 0 saturated carbocycles. The molecule has 0 saturated heterocycles. The Kier molecular flexibility index (Phi) is 3.75. The van der Waals surface area contributed by atoms with Gasteiger partial charge in [0.1, 0.15) is 5.75 Å². The van der Waals surface area contributed by atoms with Gasteiger partial charge < -0.3 is 4.74 Å². The van der Waals surface area contributed by atoms with Crippen molar-refractivity contribution in [1.29, 1.82) is 0 Å². The Hall–Kier alpha value is -4.10. The van der Waals surface area contributed by atoms with Gasteiger partial charge in [0.25, 0.3) is 0 Å². The molecule has 1 nitrogen and oxygen atoms in total. The SMILES string of the molecule is COc1ccc(-c2cccc3c2C2(c4ccccc4-c4ccccc42)c2ccccc2-3)cc1. The van der Waals surface area contributed by atoms with Crippen molar-refractivity contribution in [2.75, 3.05) is 7.11 Å². The fourth-order valence-corrected chi connectivity index (χ4v) is 6.17. The van der Waals surface area contributed by atoms with E-state index in [-0.39, 0.29) is 5.41 Å². The minimum atomic E-state index is -0.324. The van der Waals surface area contributed by atoms with Gasteiger partial charge in [-0.3, -0.25) is 0 Å². The summed E-state index contributed by atoms with van der Waals surface area (Å²) in [6, 6.07) is 42.1. The summed E-state index contributed by atoms with van der Waals surface area (Å²) in [5.74, 6) is 0.876. The van der Waals surface area contributed by atoms with E-state index in [0.717, 1.165) is 5.75 Å². The quantitative estimate of drug-likeness (QED) is 0.277. The van der Waals surface area contributed by atoms with Gasteiger partial charge in [-0.25, -0.2) is 0 Å². The Morgan fingerprint density at radius 1 is 0.455 bits per heavy atom. The van der Waals surface area contributed by atoms with Gasteiger partial charge in [-0.05, 0) is 67.8 Å². The molecule has 1 spiro atoms. The molecule has 5 aromatic rings. The normalized spacial score (nSPS) is 13.8. The topological polar surface area (TPSA) is 9.23 Å². The van der Waals surface area contributed by atoms with Gasteiger partial charge in [0.15, 0.2) is 0 Å². The van der Waals surface area contributed by atoms with E-state index in [1.54, 1.807) is 7.11 Å². The van der Waals surface area contributed by atoms with Crippen LogP contribution in [0.25, 0.3) is 33.4 Å². The summed E-state index contributed by atoms with van der Waals surface area (Å²) in [6.07, 6.45) is 0. The minimum Gasteiger partial charge on any atom is -0.497 e. The standard InChI is InChI=1S/C32H22O/c1-33-22-19-17-21(18-20-22)23-12-8-13-27-26-11-4-7-16-30(26)32(31(23)27)28-14-5-2-9-24(28)25-10-3-6-15-29(25)32/h2-20H,1H3. The van der Waals surface area contributed by atoms with Gasteiger partial charge >= 0.3 is 0 Å². The van der Waals surface area contributed by atoms with E-state index < -0.39 is 0 Å². The fraction of sp³-hybridized carbons (Fsp3) is 0.0625. The van der Waals surface area contributed by atoms with Gasteiger partial charge in [0, 0.05) is 0 Å². The van der Waals surface area contributed by atoms with Gasteiger partial charge in [-0.1, -0.05) is 103 Å². The zero-order valence-electron chi connectivity index (χ0n) is 18.4. The summed E-state index contributed by atoms with van der Waals surface area (Å²) < 4.78 is 5.43. The van der Waals surface area contributed by atoms with E-state index in [4.69, 9.17) is 4.74 Å². The first-order valence-electron chi connectivity index (χ1n) is 11.4. The van der Waals surface area contributed by atoms with E-state index in [1.807, 2.05) is 0 Å². The van der Waals surface area contributed by atoms with Crippen molar-refractivity contribution in [1.82, 2.24) is 0 Å². The van der Waals surface area contributed by atoms with Crippen LogP contribution in [0, 0.1) is 0 Å². The molecule has 2 aliphatic carbocycles. The zero-order chi connectivity index (χ0) is 22.0. The molecule has 2 aliphatic rings. The van der Waals surface area contributed by atoms with E-state index in [2.05, 4.69) is 115 Å². The summed E-state index contributed by atoms with van der Waals surface area (Å²) in [7, 11) is 1.72. The second-order valence-corrected chi connectivity index (χ2v) is 8.84. The molecule has 0 amide bonds. The largest absolute Gasteiger partial charge is 0.497 e. The van der Waals surface area contributed by atoms with Crippen LogP contribution >= 0.6 is 0 Å². The predicted molar refractivity (Wildman–Crippen MR) is 135 cm³/mol. The number of hydrogen-bond donors (Lipinski definition) is 0. The van der Waals surface area contributed by atoms with Crippen LogP contribution in [0.15, 0.2) is 115 Å². The van der Waals surface area contributed by atoms with Crippen LogP contribution in [-0.4, -0.2) is 7.11 Å².